The van der Waals surface area contributed by atoms with Gasteiger partial charge in [-0.2, -0.15) is 5.10 Å². The molecular formula is C19H23N3. The van der Waals surface area contributed by atoms with Gasteiger partial charge in [-0.3, -0.25) is 5.10 Å². The van der Waals surface area contributed by atoms with Crippen molar-refractivity contribution in [2.45, 2.75) is 50.9 Å². The number of aryl methyl sites for hydroxylation is 1. The van der Waals surface area contributed by atoms with Gasteiger partial charge in [-0.25, -0.2) is 4.98 Å². The summed E-state index contributed by atoms with van der Waals surface area (Å²) in [5.41, 5.74) is 2.70. The molecule has 0 saturated heterocycles. The average molecular weight is 293 g/mol. The van der Waals surface area contributed by atoms with Gasteiger partial charge in [-0.05, 0) is 69.3 Å². The van der Waals surface area contributed by atoms with Crippen molar-refractivity contribution < 1.29 is 0 Å². The first-order chi connectivity index (χ1) is 10.7. The fraction of sp³-hybridized carbons (Fsp3) is 0.579. The Hall–Kier alpha value is -1.64. The van der Waals surface area contributed by atoms with Gasteiger partial charge in [0.1, 0.15) is 5.82 Å². The van der Waals surface area contributed by atoms with E-state index in [1.54, 1.807) is 0 Å². The predicted octanol–water partition coefficient (Wildman–Crippen LogP) is 4.25. The van der Waals surface area contributed by atoms with Crippen LogP contribution in [0.25, 0.3) is 11.4 Å². The minimum absolute atomic E-state index is 0.309. The van der Waals surface area contributed by atoms with Crippen molar-refractivity contribution in [1.29, 1.82) is 0 Å². The van der Waals surface area contributed by atoms with Crippen LogP contribution in [-0.2, 0) is 5.41 Å². The van der Waals surface area contributed by atoms with Gasteiger partial charge in [0, 0.05) is 11.0 Å². The van der Waals surface area contributed by atoms with Crippen LogP contribution in [-0.4, -0.2) is 15.2 Å². The first kappa shape index (κ1) is 12.9. The maximum absolute atomic E-state index is 4.94. The Morgan fingerprint density at radius 2 is 1.73 bits per heavy atom. The molecule has 4 fully saturated rings. The molecule has 1 aromatic heterocycles. The molecule has 0 atom stereocenters. The van der Waals surface area contributed by atoms with Crippen LogP contribution in [0.4, 0.5) is 0 Å². The molecule has 4 saturated carbocycles. The number of hydrogen-bond donors (Lipinski definition) is 1. The van der Waals surface area contributed by atoms with E-state index in [-0.39, 0.29) is 0 Å². The second-order valence-corrected chi connectivity index (χ2v) is 8.07. The molecule has 1 aromatic carbocycles. The summed E-state index contributed by atoms with van der Waals surface area (Å²) >= 11 is 0. The van der Waals surface area contributed by atoms with Gasteiger partial charge in [0.05, 0.1) is 0 Å². The number of H-pyrrole nitrogens is 1. The summed E-state index contributed by atoms with van der Waals surface area (Å²) < 4.78 is 0. The van der Waals surface area contributed by atoms with Gasteiger partial charge in [0.15, 0.2) is 5.82 Å². The third-order valence-corrected chi connectivity index (χ3v) is 6.30. The predicted molar refractivity (Wildman–Crippen MR) is 86.4 cm³/mol. The van der Waals surface area contributed by atoms with Crippen LogP contribution in [0.5, 0.6) is 0 Å². The van der Waals surface area contributed by atoms with Crippen molar-refractivity contribution >= 4 is 0 Å². The average Bonchev–Trinajstić information content (AvgIpc) is 2.96. The van der Waals surface area contributed by atoms with Crippen LogP contribution in [0.2, 0.25) is 0 Å². The number of nitrogens with one attached hydrogen (secondary N) is 1. The number of benzene rings is 1. The minimum atomic E-state index is 0.309. The van der Waals surface area contributed by atoms with E-state index in [2.05, 4.69) is 41.4 Å². The lowest BCUT2D eigenvalue weighted by Gasteiger charge is -2.55. The highest BCUT2D eigenvalue weighted by atomic mass is 15.2. The lowest BCUT2D eigenvalue weighted by molar-refractivity contribution is -0.00920. The molecule has 1 heterocycles. The van der Waals surface area contributed by atoms with E-state index in [4.69, 9.17) is 4.98 Å². The van der Waals surface area contributed by atoms with Crippen LogP contribution < -0.4 is 0 Å². The molecule has 4 aliphatic carbocycles. The standard InChI is InChI=1S/C19H23N3/c1-12-3-2-4-16(5-12)17-20-18(22-21-17)19-9-13-6-14(10-19)8-15(7-13)11-19/h2-5,13-15H,6-11H2,1H3,(H,20,21,22). The van der Waals surface area contributed by atoms with Crippen molar-refractivity contribution in [3.05, 3.63) is 35.7 Å². The number of aromatic amines is 1. The Morgan fingerprint density at radius 3 is 2.36 bits per heavy atom. The fourth-order valence-corrected chi connectivity index (χ4v) is 5.81. The molecule has 0 spiro atoms. The number of rotatable bonds is 2. The zero-order valence-electron chi connectivity index (χ0n) is 13.2. The highest BCUT2D eigenvalue weighted by Crippen LogP contribution is 2.60. The van der Waals surface area contributed by atoms with Crippen LogP contribution in [0, 0.1) is 24.7 Å². The fourth-order valence-electron chi connectivity index (χ4n) is 5.81. The summed E-state index contributed by atoms with van der Waals surface area (Å²) in [6.45, 7) is 2.12. The van der Waals surface area contributed by atoms with Crippen LogP contribution >= 0.6 is 0 Å². The molecule has 2 aromatic rings. The molecule has 6 rings (SSSR count). The third kappa shape index (κ3) is 1.87. The molecule has 3 heteroatoms. The van der Waals surface area contributed by atoms with E-state index in [0.717, 1.165) is 29.1 Å². The van der Waals surface area contributed by atoms with Crippen LogP contribution in [0.15, 0.2) is 24.3 Å². The third-order valence-electron chi connectivity index (χ3n) is 6.30. The van der Waals surface area contributed by atoms with Gasteiger partial charge < -0.3 is 0 Å². The molecular weight excluding hydrogens is 270 g/mol. The first-order valence-electron chi connectivity index (χ1n) is 8.70. The van der Waals surface area contributed by atoms with Gasteiger partial charge in [-0.15, -0.1) is 0 Å². The maximum atomic E-state index is 4.94. The second kappa shape index (κ2) is 4.43. The summed E-state index contributed by atoms with van der Waals surface area (Å²) in [5, 5.41) is 7.87. The first-order valence-corrected chi connectivity index (χ1v) is 8.70. The molecule has 1 N–H and O–H groups in total. The molecule has 0 aliphatic heterocycles. The normalized spacial score (nSPS) is 36.0. The number of hydrogen-bond acceptors (Lipinski definition) is 2. The summed E-state index contributed by atoms with van der Waals surface area (Å²) in [6, 6.07) is 8.49. The van der Waals surface area contributed by atoms with E-state index >= 15 is 0 Å². The monoisotopic (exact) mass is 293 g/mol. The van der Waals surface area contributed by atoms with Crippen molar-refractivity contribution in [3.63, 3.8) is 0 Å². The highest BCUT2D eigenvalue weighted by molar-refractivity contribution is 5.55. The van der Waals surface area contributed by atoms with E-state index in [0.29, 0.717) is 5.41 Å². The van der Waals surface area contributed by atoms with Crippen LogP contribution in [0.3, 0.4) is 0 Å². The molecule has 0 radical (unpaired) electrons. The largest absolute Gasteiger partial charge is 0.262 e. The van der Waals surface area contributed by atoms with Crippen LogP contribution in [0.1, 0.15) is 49.9 Å². The summed E-state index contributed by atoms with van der Waals surface area (Å²) in [6.07, 6.45) is 8.42. The Kier molecular flexibility index (Phi) is 2.59. The lowest BCUT2D eigenvalue weighted by Crippen LogP contribution is -2.49. The number of aromatic nitrogens is 3. The Bertz CT molecular complexity index is 680. The smallest absolute Gasteiger partial charge is 0.181 e. The zero-order valence-corrected chi connectivity index (χ0v) is 13.2. The Morgan fingerprint density at radius 1 is 1.05 bits per heavy atom. The molecule has 22 heavy (non-hydrogen) atoms. The van der Waals surface area contributed by atoms with E-state index in [9.17, 15) is 0 Å². The van der Waals surface area contributed by atoms with Crippen molar-refractivity contribution in [3.8, 4) is 11.4 Å². The van der Waals surface area contributed by atoms with Gasteiger partial charge in [0.25, 0.3) is 0 Å². The number of nitrogens with zero attached hydrogens (tertiary/aromatic N) is 2. The minimum Gasteiger partial charge on any atom is -0.262 e. The van der Waals surface area contributed by atoms with Gasteiger partial charge in [0.2, 0.25) is 0 Å². The molecule has 114 valence electrons. The molecule has 0 amide bonds. The molecule has 0 unspecified atom stereocenters. The van der Waals surface area contributed by atoms with Crippen molar-refractivity contribution in [2.75, 3.05) is 0 Å². The highest BCUT2D eigenvalue weighted by Gasteiger charge is 2.53. The van der Waals surface area contributed by atoms with E-state index in [1.807, 2.05) is 0 Å². The Balaban J connectivity index is 1.52. The van der Waals surface area contributed by atoms with E-state index in [1.165, 1.54) is 49.9 Å². The SMILES string of the molecule is Cc1cccc(-c2n[nH]c(C34CC5CC(CC(C5)C3)C4)n2)c1. The second-order valence-electron chi connectivity index (χ2n) is 8.07. The zero-order chi connectivity index (χ0) is 14.7. The van der Waals surface area contributed by atoms with Gasteiger partial charge in [-0.1, -0.05) is 23.8 Å². The summed E-state index contributed by atoms with van der Waals surface area (Å²) in [4.78, 5) is 4.94. The molecule has 4 bridgehead atoms. The molecule has 3 nitrogen and oxygen atoms in total. The summed E-state index contributed by atoms with van der Waals surface area (Å²) in [5.74, 6) is 4.87. The van der Waals surface area contributed by atoms with Crippen molar-refractivity contribution in [2.24, 2.45) is 17.8 Å². The van der Waals surface area contributed by atoms with Gasteiger partial charge >= 0.3 is 0 Å². The van der Waals surface area contributed by atoms with E-state index < -0.39 is 0 Å². The molecule has 4 aliphatic rings. The lowest BCUT2D eigenvalue weighted by atomic mass is 9.49. The summed E-state index contributed by atoms with van der Waals surface area (Å²) in [7, 11) is 0. The topological polar surface area (TPSA) is 41.6 Å². The van der Waals surface area contributed by atoms with Crippen molar-refractivity contribution in [1.82, 2.24) is 15.2 Å². The maximum Gasteiger partial charge on any atom is 0.181 e. The quantitative estimate of drug-likeness (QED) is 0.899. The Labute approximate surface area is 131 Å².